The maximum absolute atomic E-state index is 10.6. The Balaban J connectivity index is 2.51. The van der Waals surface area contributed by atoms with Gasteiger partial charge in [-0.2, -0.15) is 0 Å². The van der Waals surface area contributed by atoms with Crippen molar-refractivity contribution in [1.29, 1.82) is 0 Å². The minimum atomic E-state index is -0.398. The maximum Gasteiger partial charge on any atom is 0.312 e. The largest absolute Gasteiger partial charge is 0.352 e. The maximum atomic E-state index is 10.6. The van der Waals surface area contributed by atoms with Gasteiger partial charge < -0.3 is 11.1 Å². The highest BCUT2D eigenvalue weighted by Crippen LogP contribution is 2.36. The monoisotopic (exact) mass is 156 g/mol. The lowest BCUT2D eigenvalue weighted by atomic mass is 9.87. The molecule has 11 heavy (non-hydrogen) atoms. The van der Waals surface area contributed by atoms with Crippen molar-refractivity contribution in [2.75, 3.05) is 0 Å². The van der Waals surface area contributed by atoms with Crippen molar-refractivity contribution in [3.05, 3.63) is 0 Å². The molecular weight excluding hydrogens is 140 g/mol. The van der Waals surface area contributed by atoms with Gasteiger partial charge in [0, 0.05) is 6.04 Å². The lowest BCUT2D eigenvalue weighted by Gasteiger charge is -2.26. The van der Waals surface area contributed by atoms with Crippen LogP contribution in [0.4, 0.5) is 4.79 Å². The zero-order valence-corrected chi connectivity index (χ0v) is 7.18. The molecule has 1 saturated carbocycles. The van der Waals surface area contributed by atoms with Gasteiger partial charge in [0.15, 0.2) is 0 Å². The number of nitrogens with one attached hydrogen (secondary N) is 1. The van der Waals surface area contributed by atoms with Crippen LogP contribution >= 0.6 is 0 Å². The van der Waals surface area contributed by atoms with E-state index in [0.717, 1.165) is 6.42 Å². The van der Waals surface area contributed by atoms with Crippen LogP contribution < -0.4 is 11.1 Å². The van der Waals surface area contributed by atoms with E-state index in [1.807, 2.05) is 0 Å². The van der Waals surface area contributed by atoms with E-state index in [1.54, 1.807) is 0 Å². The fraction of sp³-hybridized carbons (Fsp3) is 0.875. The van der Waals surface area contributed by atoms with Gasteiger partial charge in [-0.25, -0.2) is 4.79 Å². The third kappa shape index (κ3) is 1.85. The molecule has 3 nitrogen and oxygen atoms in total. The summed E-state index contributed by atoms with van der Waals surface area (Å²) in [5.41, 5.74) is 5.27. The van der Waals surface area contributed by atoms with Crippen LogP contribution in [0.1, 0.15) is 33.1 Å². The molecular formula is C8H16N2O. The molecule has 1 rings (SSSR count). The SMILES string of the molecule is CC1(C)CCCC1NC(N)=O. The van der Waals surface area contributed by atoms with E-state index in [4.69, 9.17) is 5.73 Å². The van der Waals surface area contributed by atoms with Gasteiger partial charge in [0.25, 0.3) is 0 Å². The van der Waals surface area contributed by atoms with E-state index in [2.05, 4.69) is 19.2 Å². The molecule has 1 unspecified atom stereocenters. The first-order chi connectivity index (χ1) is 5.02. The van der Waals surface area contributed by atoms with Crippen LogP contribution in [0, 0.1) is 5.41 Å². The molecule has 0 heterocycles. The Morgan fingerprint density at radius 1 is 1.64 bits per heavy atom. The fourth-order valence-corrected chi connectivity index (χ4v) is 1.77. The number of carbonyl (C=O) groups excluding carboxylic acids is 1. The van der Waals surface area contributed by atoms with Crippen LogP contribution in [0.2, 0.25) is 0 Å². The second kappa shape index (κ2) is 2.72. The van der Waals surface area contributed by atoms with Crippen molar-refractivity contribution in [1.82, 2.24) is 5.32 Å². The zero-order valence-electron chi connectivity index (χ0n) is 7.18. The van der Waals surface area contributed by atoms with E-state index in [9.17, 15) is 4.79 Å². The molecule has 64 valence electrons. The Bertz CT molecular complexity index is 165. The van der Waals surface area contributed by atoms with Gasteiger partial charge in [-0.05, 0) is 18.3 Å². The molecule has 1 atom stereocenters. The Kier molecular flexibility index (Phi) is 2.07. The predicted molar refractivity (Wildman–Crippen MR) is 44.1 cm³/mol. The fourth-order valence-electron chi connectivity index (χ4n) is 1.77. The Morgan fingerprint density at radius 3 is 2.64 bits per heavy atom. The van der Waals surface area contributed by atoms with E-state index in [-0.39, 0.29) is 11.5 Å². The number of hydrogen-bond acceptors (Lipinski definition) is 1. The molecule has 0 radical (unpaired) electrons. The Hall–Kier alpha value is -0.730. The van der Waals surface area contributed by atoms with E-state index in [0.29, 0.717) is 0 Å². The standard InChI is InChI=1S/C8H16N2O/c1-8(2)5-3-4-6(8)10-7(9)11/h6H,3-5H2,1-2H3,(H3,9,10,11). The summed E-state index contributed by atoms with van der Waals surface area (Å²) < 4.78 is 0. The molecule has 0 aliphatic heterocycles. The highest BCUT2D eigenvalue weighted by Gasteiger charge is 2.34. The topological polar surface area (TPSA) is 55.1 Å². The second-order valence-corrected chi connectivity index (χ2v) is 3.94. The van der Waals surface area contributed by atoms with E-state index >= 15 is 0 Å². The summed E-state index contributed by atoms with van der Waals surface area (Å²) in [5, 5.41) is 2.77. The van der Waals surface area contributed by atoms with Crippen LogP contribution in [0.3, 0.4) is 0 Å². The summed E-state index contributed by atoms with van der Waals surface area (Å²) in [7, 11) is 0. The van der Waals surface area contributed by atoms with Crippen LogP contribution in [0.15, 0.2) is 0 Å². The first kappa shape index (κ1) is 8.37. The predicted octanol–water partition coefficient (Wildman–Crippen LogP) is 1.23. The highest BCUT2D eigenvalue weighted by atomic mass is 16.2. The molecule has 1 aliphatic carbocycles. The van der Waals surface area contributed by atoms with Gasteiger partial charge in [-0.3, -0.25) is 0 Å². The molecule has 1 aliphatic rings. The van der Waals surface area contributed by atoms with E-state index < -0.39 is 6.03 Å². The molecule has 2 amide bonds. The molecule has 3 N–H and O–H groups in total. The van der Waals surface area contributed by atoms with Crippen molar-refractivity contribution in [2.24, 2.45) is 11.1 Å². The van der Waals surface area contributed by atoms with Gasteiger partial charge in [-0.15, -0.1) is 0 Å². The molecule has 0 aromatic heterocycles. The quantitative estimate of drug-likeness (QED) is 0.589. The molecule has 1 fully saturated rings. The summed E-state index contributed by atoms with van der Waals surface area (Å²) in [4.78, 5) is 10.6. The number of carbonyl (C=O) groups is 1. The van der Waals surface area contributed by atoms with Crippen LogP contribution in [0.25, 0.3) is 0 Å². The number of nitrogens with two attached hydrogens (primary N) is 1. The average Bonchev–Trinajstić information content (AvgIpc) is 2.10. The van der Waals surface area contributed by atoms with Crippen molar-refractivity contribution in [3.8, 4) is 0 Å². The van der Waals surface area contributed by atoms with Gasteiger partial charge in [0.1, 0.15) is 0 Å². The summed E-state index contributed by atoms with van der Waals surface area (Å²) >= 11 is 0. The van der Waals surface area contributed by atoms with Crippen molar-refractivity contribution < 1.29 is 4.79 Å². The molecule has 0 saturated heterocycles. The van der Waals surface area contributed by atoms with E-state index in [1.165, 1.54) is 12.8 Å². The van der Waals surface area contributed by atoms with Crippen molar-refractivity contribution >= 4 is 6.03 Å². The summed E-state index contributed by atoms with van der Waals surface area (Å²) in [6.07, 6.45) is 3.44. The third-order valence-electron chi connectivity index (χ3n) is 2.57. The first-order valence-electron chi connectivity index (χ1n) is 4.08. The minimum Gasteiger partial charge on any atom is -0.352 e. The van der Waals surface area contributed by atoms with Gasteiger partial charge in [0.05, 0.1) is 0 Å². The van der Waals surface area contributed by atoms with Crippen molar-refractivity contribution in [3.63, 3.8) is 0 Å². The molecule has 0 spiro atoms. The van der Waals surface area contributed by atoms with Crippen LogP contribution in [-0.2, 0) is 0 Å². The molecule has 0 bridgehead atoms. The highest BCUT2D eigenvalue weighted by molar-refractivity contribution is 5.72. The average molecular weight is 156 g/mol. The second-order valence-electron chi connectivity index (χ2n) is 3.94. The number of primary amides is 1. The van der Waals surface area contributed by atoms with Gasteiger partial charge in [-0.1, -0.05) is 20.3 Å². The Labute approximate surface area is 67.3 Å². The lowest BCUT2D eigenvalue weighted by Crippen LogP contribution is -2.44. The first-order valence-corrected chi connectivity index (χ1v) is 4.08. The molecule has 0 aromatic rings. The number of urea groups is 1. The third-order valence-corrected chi connectivity index (χ3v) is 2.57. The molecule has 3 heteroatoms. The number of amides is 2. The summed E-state index contributed by atoms with van der Waals surface area (Å²) in [6, 6.07) is -0.120. The number of hydrogen-bond donors (Lipinski definition) is 2. The van der Waals surface area contributed by atoms with Crippen LogP contribution in [-0.4, -0.2) is 12.1 Å². The van der Waals surface area contributed by atoms with Gasteiger partial charge >= 0.3 is 6.03 Å². The smallest absolute Gasteiger partial charge is 0.312 e. The summed E-state index contributed by atoms with van der Waals surface area (Å²) in [5.74, 6) is 0. The lowest BCUT2D eigenvalue weighted by molar-refractivity contribution is 0.230. The Morgan fingerprint density at radius 2 is 2.27 bits per heavy atom. The minimum absolute atomic E-state index is 0.231. The number of rotatable bonds is 1. The normalized spacial score (nSPS) is 28.4. The zero-order chi connectivity index (χ0) is 8.48. The van der Waals surface area contributed by atoms with Gasteiger partial charge in [0.2, 0.25) is 0 Å². The van der Waals surface area contributed by atoms with Crippen molar-refractivity contribution in [2.45, 2.75) is 39.2 Å². The summed E-state index contributed by atoms with van der Waals surface area (Å²) in [6.45, 7) is 4.33. The molecule has 0 aromatic carbocycles. The van der Waals surface area contributed by atoms with Crippen LogP contribution in [0.5, 0.6) is 0 Å².